The lowest BCUT2D eigenvalue weighted by atomic mass is 10.1. The molecule has 0 atom stereocenters. The van der Waals surface area contributed by atoms with E-state index in [9.17, 15) is 0 Å². The third-order valence-corrected chi connectivity index (χ3v) is 1.51. The lowest BCUT2D eigenvalue weighted by Gasteiger charge is -2.20. The molecule has 1 aromatic rings. The normalized spacial score (nSPS) is 11.9. The highest BCUT2D eigenvalue weighted by atomic mass is 16.5. The Morgan fingerprint density at radius 3 is 2.82 bits per heavy atom. The first kappa shape index (κ1) is 8.20. The van der Waals surface area contributed by atoms with Crippen molar-refractivity contribution in [3.8, 4) is 0 Å². The Balaban J connectivity index is 2.73. The maximum absolute atomic E-state index is 4.93. The summed E-state index contributed by atoms with van der Waals surface area (Å²) in [5, 5.41) is 6.77. The Morgan fingerprint density at radius 2 is 2.36 bits per heavy atom. The van der Waals surface area contributed by atoms with E-state index in [2.05, 4.69) is 15.5 Å². The van der Waals surface area contributed by atoms with Crippen LogP contribution in [0.1, 0.15) is 26.7 Å². The third kappa shape index (κ3) is 1.77. The van der Waals surface area contributed by atoms with E-state index in [0.717, 1.165) is 6.54 Å². The molecule has 0 aliphatic carbocycles. The van der Waals surface area contributed by atoms with Crippen molar-refractivity contribution in [1.82, 2.24) is 15.5 Å². The molecule has 0 aliphatic heterocycles. The smallest absolute Gasteiger partial charge is 0.246 e. The Kier molecular flexibility index (Phi) is 2.24. The summed E-state index contributed by atoms with van der Waals surface area (Å²) < 4.78 is 4.93. The molecule has 4 nitrogen and oxygen atoms in total. The molecule has 0 radical (unpaired) electrons. The predicted molar refractivity (Wildman–Crippen MR) is 41.0 cm³/mol. The molecule has 0 aromatic carbocycles. The van der Waals surface area contributed by atoms with Gasteiger partial charge in [0.15, 0.2) is 6.33 Å². The summed E-state index contributed by atoms with van der Waals surface area (Å²) in [5.41, 5.74) is -0.217. The van der Waals surface area contributed by atoms with E-state index < -0.39 is 0 Å². The molecule has 1 heterocycles. The van der Waals surface area contributed by atoms with Crippen LogP contribution in [0.2, 0.25) is 0 Å². The van der Waals surface area contributed by atoms with Gasteiger partial charge in [-0.3, -0.25) is 0 Å². The molecule has 1 rings (SSSR count). The fraction of sp³-hybridized carbons (Fsp3) is 0.714. The summed E-state index contributed by atoms with van der Waals surface area (Å²) in [6.07, 6.45) is 1.41. The van der Waals surface area contributed by atoms with Crippen LogP contribution in [0, 0.1) is 0 Å². The van der Waals surface area contributed by atoms with Gasteiger partial charge >= 0.3 is 0 Å². The summed E-state index contributed by atoms with van der Waals surface area (Å²) in [7, 11) is 0. The van der Waals surface area contributed by atoms with Crippen molar-refractivity contribution < 1.29 is 4.52 Å². The number of hydrogen-bond donors (Lipinski definition) is 1. The molecule has 62 valence electrons. The van der Waals surface area contributed by atoms with Crippen LogP contribution in [0.15, 0.2) is 10.9 Å². The van der Waals surface area contributed by atoms with E-state index in [1.807, 2.05) is 20.8 Å². The maximum Gasteiger partial charge on any atom is 0.246 e. The first-order valence-electron chi connectivity index (χ1n) is 3.69. The van der Waals surface area contributed by atoms with Crippen LogP contribution in [0.4, 0.5) is 0 Å². The minimum atomic E-state index is -0.217. The predicted octanol–water partition coefficient (Wildman–Crippen LogP) is 0.914. The fourth-order valence-corrected chi connectivity index (χ4v) is 0.966. The Labute approximate surface area is 66.0 Å². The Bertz CT molecular complexity index is 205. The first-order valence-corrected chi connectivity index (χ1v) is 3.69. The van der Waals surface area contributed by atoms with E-state index in [-0.39, 0.29) is 5.54 Å². The van der Waals surface area contributed by atoms with Gasteiger partial charge < -0.3 is 9.84 Å². The monoisotopic (exact) mass is 155 g/mol. The highest BCUT2D eigenvalue weighted by Gasteiger charge is 2.24. The molecule has 4 heteroatoms. The van der Waals surface area contributed by atoms with Crippen molar-refractivity contribution in [2.24, 2.45) is 0 Å². The second-order valence-corrected chi connectivity index (χ2v) is 2.90. The SMILES string of the molecule is CCNC(C)(C)c1ncno1. The number of hydrogen-bond acceptors (Lipinski definition) is 4. The van der Waals surface area contributed by atoms with Crippen molar-refractivity contribution >= 4 is 0 Å². The van der Waals surface area contributed by atoms with Crippen LogP contribution in [0.25, 0.3) is 0 Å². The molecule has 11 heavy (non-hydrogen) atoms. The standard InChI is InChI=1S/C7H13N3O/c1-4-9-7(2,3)6-8-5-10-11-6/h5,9H,4H2,1-3H3. The molecule has 0 saturated carbocycles. The molecule has 0 amide bonds. The molecule has 0 spiro atoms. The van der Waals surface area contributed by atoms with Gasteiger partial charge in [0, 0.05) is 0 Å². The average molecular weight is 155 g/mol. The summed E-state index contributed by atoms with van der Waals surface area (Å²) in [6, 6.07) is 0. The molecular formula is C7H13N3O. The van der Waals surface area contributed by atoms with Gasteiger partial charge in [-0.1, -0.05) is 12.1 Å². The molecule has 1 N–H and O–H groups in total. The largest absolute Gasteiger partial charge is 0.338 e. The topological polar surface area (TPSA) is 51.0 Å². The van der Waals surface area contributed by atoms with Crippen LogP contribution >= 0.6 is 0 Å². The van der Waals surface area contributed by atoms with Gasteiger partial charge in [0.1, 0.15) is 0 Å². The van der Waals surface area contributed by atoms with Gasteiger partial charge in [0.2, 0.25) is 5.89 Å². The number of rotatable bonds is 3. The van der Waals surface area contributed by atoms with Crippen LogP contribution in [-0.4, -0.2) is 16.7 Å². The lowest BCUT2D eigenvalue weighted by Crippen LogP contribution is -2.36. The number of nitrogens with zero attached hydrogens (tertiary/aromatic N) is 2. The zero-order chi connectivity index (χ0) is 8.32. The van der Waals surface area contributed by atoms with Crippen LogP contribution in [-0.2, 0) is 5.54 Å². The fourth-order valence-electron chi connectivity index (χ4n) is 0.966. The molecule has 0 unspecified atom stereocenters. The first-order chi connectivity index (χ1) is 5.17. The zero-order valence-electron chi connectivity index (χ0n) is 7.09. The van der Waals surface area contributed by atoms with Crippen LogP contribution < -0.4 is 5.32 Å². The Morgan fingerprint density at radius 1 is 1.64 bits per heavy atom. The quantitative estimate of drug-likeness (QED) is 0.705. The maximum atomic E-state index is 4.93. The highest BCUT2D eigenvalue weighted by molar-refractivity contribution is 4.94. The van der Waals surface area contributed by atoms with E-state index in [1.54, 1.807) is 0 Å². The number of nitrogens with one attached hydrogen (secondary N) is 1. The van der Waals surface area contributed by atoms with Crippen molar-refractivity contribution in [1.29, 1.82) is 0 Å². The Hall–Kier alpha value is -0.900. The van der Waals surface area contributed by atoms with Crippen LogP contribution in [0.3, 0.4) is 0 Å². The molecular weight excluding hydrogens is 142 g/mol. The van der Waals surface area contributed by atoms with Crippen molar-refractivity contribution in [3.63, 3.8) is 0 Å². The van der Waals surface area contributed by atoms with Gasteiger partial charge in [-0.2, -0.15) is 4.98 Å². The zero-order valence-corrected chi connectivity index (χ0v) is 7.09. The molecule has 0 bridgehead atoms. The van der Waals surface area contributed by atoms with E-state index in [4.69, 9.17) is 4.52 Å². The summed E-state index contributed by atoms with van der Waals surface area (Å²) in [6.45, 7) is 6.93. The molecule has 0 fully saturated rings. The minimum absolute atomic E-state index is 0.217. The third-order valence-electron chi connectivity index (χ3n) is 1.51. The lowest BCUT2D eigenvalue weighted by molar-refractivity contribution is 0.271. The van der Waals surface area contributed by atoms with Crippen molar-refractivity contribution in [2.75, 3.05) is 6.54 Å². The minimum Gasteiger partial charge on any atom is -0.338 e. The van der Waals surface area contributed by atoms with Gasteiger partial charge in [-0.05, 0) is 20.4 Å². The van der Waals surface area contributed by atoms with E-state index >= 15 is 0 Å². The van der Waals surface area contributed by atoms with Crippen LogP contribution in [0.5, 0.6) is 0 Å². The number of aromatic nitrogens is 2. The second-order valence-electron chi connectivity index (χ2n) is 2.90. The second kappa shape index (κ2) is 3.00. The van der Waals surface area contributed by atoms with Gasteiger partial charge in [-0.25, -0.2) is 0 Å². The van der Waals surface area contributed by atoms with Crippen molar-refractivity contribution in [2.45, 2.75) is 26.3 Å². The summed E-state index contributed by atoms with van der Waals surface area (Å²) in [4.78, 5) is 3.97. The van der Waals surface area contributed by atoms with Gasteiger partial charge in [0.05, 0.1) is 5.54 Å². The molecule has 0 saturated heterocycles. The van der Waals surface area contributed by atoms with Gasteiger partial charge in [0.25, 0.3) is 0 Å². The summed E-state index contributed by atoms with van der Waals surface area (Å²) >= 11 is 0. The van der Waals surface area contributed by atoms with E-state index in [1.165, 1.54) is 6.33 Å². The average Bonchev–Trinajstić information content (AvgIpc) is 2.37. The molecule has 0 aliphatic rings. The summed E-state index contributed by atoms with van der Waals surface area (Å²) in [5.74, 6) is 0.624. The van der Waals surface area contributed by atoms with Gasteiger partial charge in [-0.15, -0.1) is 0 Å². The highest BCUT2D eigenvalue weighted by Crippen LogP contribution is 2.15. The molecule has 1 aromatic heterocycles. The van der Waals surface area contributed by atoms with Crippen molar-refractivity contribution in [3.05, 3.63) is 12.2 Å². The van der Waals surface area contributed by atoms with E-state index in [0.29, 0.717) is 5.89 Å².